The summed E-state index contributed by atoms with van der Waals surface area (Å²) >= 11 is 0. The Morgan fingerprint density at radius 2 is 1.81 bits per heavy atom. The average Bonchev–Trinajstić information content (AvgIpc) is 2.85. The second-order valence-electron chi connectivity index (χ2n) is 8.82. The van der Waals surface area contributed by atoms with Gasteiger partial charge in [0.2, 0.25) is 0 Å². The smallest absolute Gasteiger partial charge is 0.309 e. The summed E-state index contributed by atoms with van der Waals surface area (Å²) in [7, 11) is 5.20. The fourth-order valence-corrected chi connectivity index (χ4v) is 5.13. The Labute approximate surface area is 192 Å². The van der Waals surface area contributed by atoms with Crippen LogP contribution in [0.25, 0.3) is 0 Å². The van der Waals surface area contributed by atoms with E-state index in [1.54, 1.807) is 14.2 Å². The molecule has 0 amide bonds. The number of rotatable bonds is 7. The van der Waals surface area contributed by atoms with Crippen molar-refractivity contribution in [3.05, 3.63) is 23.8 Å². The normalized spacial score (nSPS) is 19.4. The predicted molar refractivity (Wildman–Crippen MR) is 127 cm³/mol. The van der Waals surface area contributed by atoms with Gasteiger partial charge in [-0.1, -0.05) is 25.3 Å². The Bertz CT molecular complexity index is 781. The molecule has 1 saturated heterocycles. The molecule has 7 nitrogen and oxygen atoms in total. The SMILES string of the molecule is CCOC(=O)C1CCN(C(=NC)NCC2(c3ccc(OC)c(OC)c3)CCCCC2)CC1. The van der Waals surface area contributed by atoms with Gasteiger partial charge in [-0.2, -0.15) is 0 Å². The Morgan fingerprint density at radius 1 is 1.12 bits per heavy atom. The first-order valence-electron chi connectivity index (χ1n) is 11.9. The number of esters is 1. The number of piperidine rings is 1. The van der Waals surface area contributed by atoms with Crippen molar-refractivity contribution >= 4 is 11.9 Å². The van der Waals surface area contributed by atoms with Gasteiger partial charge in [0.25, 0.3) is 0 Å². The number of hydrogen-bond donors (Lipinski definition) is 1. The molecule has 1 aromatic rings. The van der Waals surface area contributed by atoms with Crippen LogP contribution in [0.5, 0.6) is 11.5 Å². The fraction of sp³-hybridized carbons (Fsp3) is 0.680. The molecule has 1 aromatic carbocycles. The second-order valence-corrected chi connectivity index (χ2v) is 8.82. The number of methoxy groups -OCH3 is 2. The molecule has 178 valence electrons. The van der Waals surface area contributed by atoms with Gasteiger partial charge in [-0.05, 0) is 50.3 Å². The maximum Gasteiger partial charge on any atom is 0.309 e. The number of nitrogens with one attached hydrogen (secondary N) is 1. The van der Waals surface area contributed by atoms with E-state index in [0.29, 0.717) is 6.61 Å². The number of carbonyl (C=O) groups excluding carboxylic acids is 1. The van der Waals surface area contributed by atoms with Gasteiger partial charge in [-0.3, -0.25) is 9.79 Å². The Hall–Kier alpha value is -2.44. The number of guanidine groups is 1. The third-order valence-corrected chi connectivity index (χ3v) is 7.02. The molecule has 1 N–H and O–H groups in total. The standard InChI is InChI=1S/C25H39N3O4/c1-5-32-23(29)19-11-15-28(16-12-19)24(26-2)27-18-25(13-7-6-8-14-25)20-9-10-21(30-3)22(17-20)31-4/h9-10,17,19H,5-8,11-16,18H2,1-4H3,(H,26,27). The van der Waals surface area contributed by atoms with E-state index in [1.165, 1.54) is 24.8 Å². The molecule has 0 unspecified atom stereocenters. The van der Waals surface area contributed by atoms with Crippen LogP contribution in [0, 0.1) is 5.92 Å². The molecule has 7 heteroatoms. The van der Waals surface area contributed by atoms with Crippen LogP contribution in [0.2, 0.25) is 0 Å². The van der Waals surface area contributed by atoms with Crippen LogP contribution in [0.3, 0.4) is 0 Å². The zero-order valence-electron chi connectivity index (χ0n) is 20.1. The van der Waals surface area contributed by atoms with Crippen molar-refractivity contribution in [1.29, 1.82) is 0 Å². The molecule has 0 spiro atoms. The quantitative estimate of drug-likeness (QED) is 0.391. The van der Waals surface area contributed by atoms with Gasteiger partial charge >= 0.3 is 5.97 Å². The van der Waals surface area contributed by atoms with Crippen LogP contribution in [0.15, 0.2) is 23.2 Å². The number of hydrogen-bond acceptors (Lipinski definition) is 5. The van der Waals surface area contributed by atoms with Crippen LogP contribution < -0.4 is 14.8 Å². The van der Waals surface area contributed by atoms with Gasteiger partial charge in [0.05, 0.1) is 26.7 Å². The molecule has 2 fully saturated rings. The van der Waals surface area contributed by atoms with E-state index in [2.05, 4.69) is 27.3 Å². The number of aliphatic imine (C=N–C) groups is 1. The van der Waals surface area contributed by atoms with Crippen LogP contribution >= 0.6 is 0 Å². The summed E-state index contributed by atoms with van der Waals surface area (Å²) in [5.74, 6) is 2.39. The van der Waals surface area contributed by atoms with Crippen molar-refractivity contribution in [3.63, 3.8) is 0 Å². The first kappa shape index (κ1) is 24.2. The lowest BCUT2D eigenvalue weighted by Crippen LogP contribution is -2.50. The van der Waals surface area contributed by atoms with Crippen molar-refractivity contribution in [3.8, 4) is 11.5 Å². The number of carbonyl (C=O) groups is 1. The molecular weight excluding hydrogens is 406 g/mol. The summed E-state index contributed by atoms with van der Waals surface area (Å²) in [4.78, 5) is 18.9. The number of benzene rings is 1. The van der Waals surface area contributed by atoms with E-state index in [4.69, 9.17) is 14.2 Å². The van der Waals surface area contributed by atoms with Crippen molar-refractivity contribution < 1.29 is 19.0 Å². The minimum Gasteiger partial charge on any atom is -0.493 e. The van der Waals surface area contributed by atoms with Crippen LogP contribution in [-0.2, 0) is 14.9 Å². The van der Waals surface area contributed by atoms with E-state index in [9.17, 15) is 4.79 Å². The van der Waals surface area contributed by atoms with Gasteiger partial charge < -0.3 is 24.4 Å². The molecule has 1 aliphatic carbocycles. The summed E-state index contributed by atoms with van der Waals surface area (Å²) in [5.41, 5.74) is 1.33. The lowest BCUT2D eigenvalue weighted by molar-refractivity contribution is -0.149. The van der Waals surface area contributed by atoms with Crippen molar-refractivity contribution in [1.82, 2.24) is 10.2 Å². The highest BCUT2D eigenvalue weighted by molar-refractivity contribution is 5.80. The molecule has 0 bridgehead atoms. The van der Waals surface area contributed by atoms with E-state index in [1.807, 2.05) is 20.0 Å². The van der Waals surface area contributed by atoms with Gasteiger partial charge in [0.15, 0.2) is 17.5 Å². The minimum atomic E-state index is -0.0651. The molecule has 1 aliphatic heterocycles. The molecule has 2 aliphatic rings. The molecule has 3 rings (SSSR count). The first-order chi connectivity index (χ1) is 15.6. The topological polar surface area (TPSA) is 72.4 Å². The average molecular weight is 446 g/mol. The second kappa shape index (κ2) is 11.4. The fourth-order valence-electron chi connectivity index (χ4n) is 5.13. The summed E-state index contributed by atoms with van der Waals surface area (Å²) < 4.78 is 16.2. The van der Waals surface area contributed by atoms with E-state index in [-0.39, 0.29) is 17.3 Å². The van der Waals surface area contributed by atoms with Crippen LogP contribution in [0.4, 0.5) is 0 Å². The Morgan fingerprint density at radius 3 is 2.41 bits per heavy atom. The lowest BCUT2D eigenvalue weighted by Gasteiger charge is -2.40. The van der Waals surface area contributed by atoms with Crippen molar-refractivity contribution in [2.75, 3.05) is 47.5 Å². The summed E-state index contributed by atoms with van der Waals surface area (Å²) in [6.45, 7) is 4.75. The van der Waals surface area contributed by atoms with Crippen LogP contribution in [-0.4, -0.2) is 64.3 Å². The zero-order valence-corrected chi connectivity index (χ0v) is 20.1. The van der Waals surface area contributed by atoms with Crippen LogP contribution in [0.1, 0.15) is 57.4 Å². The number of nitrogens with zero attached hydrogens (tertiary/aromatic N) is 2. The zero-order chi connectivity index (χ0) is 23.0. The maximum absolute atomic E-state index is 12.1. The third kappa shape index (κ3) is 5.48. The first-order valence-corrected chi connectivity index (χ1v) is 11.9. The van der Waals surface area contributed by atoms with E-state index < -0.39 is 0 Å². The predicted octanol–water partition coefficient (Wildman–Crippen LogP) is 3.76. The van der Waals surface area contributed by atoms with Gasteiger partial charge in [0, 0.05) is 32.1 Å². The van der Waals surface area contributed by atoms with E-state index >= 15 is 0 Å². The highest BCUT2D eigenvalue weighted by Gasteiger charge is 2.35. The summed E-state index contributed by atoms with van der Waals surface area (Å²) in [6.07, 6.45) is 7.61. The number of likely N-dealkylation sites (tertiary alicyclic amines) is 1. The highest BCUT2D eigenvalue weighted by atomic mass is 16.5. The molecule has 1 heterocycles. The molecule has 0 radical (unpaired) electrons. The molecule has 0 atom stereocenters. The molecule has 1 saturated carbocycles. The van der Waals surface area contributed by atoms with Gasteiger partial charge in [0.1, 0.15) is 0 Å². The highest BCUT2D eigenvalue weighted by Crippen LogP contribution is 2.42. The monoisotopic (exact) mass is 445 g/mol. The van der Waals surface area contributed by atoms with Gasteiger partial charge in [-0.15, -0.1) is 0 Å². The maximum atomic E-state index is 12.1. The summed E-state index contributed by atoms with van der Waals surface area (Å²) in [6, 6.07) is 6.33. The van der Waals surface area contributed by atoms with Crippen molar-refractivity contribution in [2.24, 2.45) is 10.9 Å². The van der Waals surface area contributed by atoms with Gasteiger partial charge in [-0.25, -0.2) is 0 Å². The number of ether oxygens (including phenoxy) is 3. The lowest BCUT2D eigenvalue weighted by atomic mass is 9.69. The Kier molecular flexibility index (Phi) is 8.65. The third-order valence-electron chi connectivity index (χ3n) is 7.02. The largest absolute Gasteiger partial charge is 0.493 e. The van der Waals surface area contributed by atoms with E-state index in [0.717, 1.165) is 62.8 Å². The molecule has 0 aromatic heterocycles. The molecular formula is C25H39N3O4. The Balaban J connectivity index is 1.69. The van der Waals surface area contributed by atoms with Crippen molar-refractivity contribution in [2.45, 2.75) is 57.3 Å². The minimum absolute atomic E-state index is 0.000701. The summed E-state index contributed by atoms with van der Waals surface area (Å²) in [5, 5.41) is 3.67. The molecule has 32 heavy (non-hydrogen) atoms.